The Morgan fingerprint density at radius 1 is 0.938 bits per heavy atom. The summed E-state index contributed by atoms with van der Waals surface area (Å²) < 4.78 is 5.10. The second kappa shape index (κ2) is 9.67. The highest BCUT2D eigenvalue weighted by atomic mass is 16.5. The number of carbonyl (C=O) groups is 4. The van der Waals surface area contributed by atoms with E-state index in [4.69, 9.17) is 4.74 Å². The van der Waals surface area contributed by atoms with E-state index in [-0.39, 0.29) is 30.6 Å². The molecule has 5 aliphatic carbocycles. The lowest BCUT2D eigenvalue weighted by Gasteiger charge is -2.56. The van der Waals surface area contributed by atoms with Gasteiger partial charge >= 0.3 is 18.0 Å². The van der Waals surface area contributed by atoms with Crippen LogP contribution < -0.4 is 21.3 Å². The molecule has 9 heteroatoms. The number of imide groups is 1. The fourth-order valence-corrected chi connectivity index (χ4v) is 6.64. The maximum absolute atomic E-state index is 12.4. The van der Waals surface area contributed by atoms with Gasteiger partial charge in [-0.25, -0.2) is 9.59 Å². The first-order chi connectivity index (χ1) is 15.3. The van der Waals surface area contributed by atoms with Crippen LogP contribution in [0.25, 0.3) is 0 Å². The summed E-state index contributed by atoms with van der Waals surface area (Å²) in [7, 11) is 0. The van der Waals surface area contributed by atoms with Gasteiger partial charge in [0.25, 0.3) is 5.91 Å². The van der Waals surface area contributed by atoms with Crippen LogP contribution in [-0.2, 0) is 14.3 Å². The topological polar surface area (TPSA) is 126 Å². The fourth-order valence-electron chi connectivity index (χ4n) is 6.64. The third-order valence-electron chi connectivity index (χ3n) is 7.64. The largest absolute Gasteiger partial charge is 0.452 e. The molecule has 0 aromatic carbocycles. The van der Waals surface area contributed by atoms with E-state index in [0.717, 1.165) is 62.7 Å². The monoisotopic (exact) mass is 448 g/mol. The van der Waals surface area contributed by atoms with Crippen molar-refractivity contribution >= 4 is 23.9 Å². The quantitative estimate of drug-likeness (QED) is 0.445. The van der Waals surface area contributed by atoms with Crippen LogP contribution in [0.15, 0.2) is 0 Å². The van der Waals surface area contributed by atoms with Gasteiger partial charge in [-0.3, -0.25) is 14.9 Å². The van der Waals surface area contributed by atoms with Crippen molar-refractivity contribution in [2.75, 3.05) is 6.54 Å². The standard InChI is InChI=1S/C23H36N4O5/c1-14(20(29)26-22(31)25-18-4-2-3-5-18)32-19(28)6-7-24-21(30)27-23-11-15-8-16(12-23)10-17(9-15)13-23/h14-18H,2-13H2,1H3,(H2,24,27,30)(H2,25,26,29,31). The van der Waals surface area contributed by atoms with E-state index in [1.807, 2.05) is 0 Å². The molecule has 0 saturated heterocycles. The average molecular weight is 449 g/mol. The van der Waals surface area contributed by atoms with Crippen molar-refractivity contribution in [2.24, 2.45) is 17.8 Å². The Bertz CT molecular complexity index is 713. The normalized spacial score (nSPS) is 31.6. The summed E-state index contributed by atoms with van der Waals surface area (Å²) in [6, 6.07) is -0.710. The minimum absolute atomic E-state index is 0.0415. The van der Waals surface area contributed by atoms with Crippen molar-refractivity contribution in [1.82, 2.24) is 21.3 Å². The molecule has 5 fully saturated rings. The highest BCUT2D eigenvalue weighted by molar-refractivity contribution is 5.97. The van der Waals surface area contributed by atoms with Gasteiger partial charge in [0.05, 0.1) is 6.42 Å². The lowest BCUT2D eigenvalue weighted by Crippen LogP contribution is -2.61. The predicted octanol–water partition coefficient (Wildman–Crippen LogP) is 2.34. The lowest BCUT2D eigenvalue weighted by atomic mass is 9.53. The molecule has 0 heterocycles. The number of ether oxygens (including phenoxy) is 1. The Hall–Kier alpha value is -2.32. The van der Waals surface area contributed by atoms with Gasteiger partial charge in [-0.1, -0.05) is 12.8 Å². The Balaban J connectivity index is 1.11. The highest BCUT2D eigenvalue weighted by Gasteiger charge is 2.51. The molecule has 0 aliphatic heterocycles. The van der Waals surface area contributed by atoms with E-state index in [0.29, 0.717) is 0 Å². The van der Waals surface area contributed by atoms with Crippen LogP contribution >= 0.6 is 0 Å². The molecular weight excluding hydrogens is 412 g/mol. The van der Waals surface area contributed by atoms with Crippen molar-refractivity contribution in [3.63, 3.8) is 0 Å². The molecule has 5 rings (SSSR count). The third-order valence-corrected chi connectivity index (χ3v) is 7.64. The molecule has 0 aromatic rings. The van der Waals surface area contributed by atoms with Crippen molar-refractivity contribution in [1.29, 1.82) is 0 Å². The average Bonchev–Trinajstić information content (AvgIpc) is 3.19. The summed E-state index contributed by atoms with van der Waals surface area (Å²) in [6.07, 6.45) is 9.96. The fraction of sp³-hybridized carbons (Fsp3) is 0.826. The number of amides is 5. The van der Waals surface area contributed by atoms with Crippen LogP contribution in [0, 0.1) is 17.8 Å². The molecule has 1 unspecified atom stereocenters. The molecule has 178 valence electrons. The number of rotatable bonds is 7. The molecular formula is C23H36N4O5. The summed E-state index contributed by atoms with van der Waals surface area (Å²) in [5, 5.41) is 10.9. The van der Waals surface area contributed by atoms with Gasteiger partial charge in [-0.05, 0) is 76.0 Å². The third kappa shape index (κ3) is 5.72. The van der Waals surface area contributed by atoms with Gasteiger partial charge in [0.1, 0.15) is 0 Å². The minimum atomic E-state index is -1.09. The molecule has 0 radical (unpaired) electrons. The van der Waals surface area contributed by atoms with E-state index >= 15 is 0 Å². The first kappa shape index (κ1) is 22.9. The zero-order valence-electron chi connectivity index (χ0n) is 18.9. The number of hydrogen-bond donors (Lipinski definition) is 4. The Morgan fingerprint density at radius 3 is 2.12 bits per heavy atom. The summed E-state index contributed by atoms with van der Waals surface area (Å²) in [5.74, 6) is 0.957. The van der Waals surface area contributed by atoms with E-state index in [1.54, 1.807) is 0 Å². The second-order valence-corrected chi connectivity index (χ2v) is 10.4. The summed E-state index contributed by atoms with van der Waals surface area (Å²) in [4.78, 5) is 48.4. The minimum Gasteiger partial charge on any atom is -0.452 e. The van der Waals surface area contributed by atoms with E-state index in [1.165, 1.54) is 26.2 Å². The second-order valence-electron chi connectivity index (χ2n) is 10.4. The number of nitrogens with one attached hydrogen (secondary N) is 4. The molecule has 1 atom stereocenters. The molecule has 5 amide bonds. The molecule has 5 saturated carbocycles. The van der Waals surface area contributed by atoms with Crippen LogP contribution in [0.2, 0.25) is 0 Å². The smallest absolute Gasteiger partial charge is 0.321 e. The highest BCUT2D eigenvalue weighted by Crippen LogP contribution is 2.55. The van der Waals surface area contributed by atoms with Crippen molar-refractivity contribution in [3.05, 3.63) is 0 Å². The van der Waals surface area contributed by atoms with E-state index < -0.39 is 24.0 Å². The van der Waals surface area contributed by atoms with E-state index in [9.17, 15) is 19.2 Å². The number of carbonyl (C=O) groups excluding carboxylic acids is 4. The molecule has 5 aliphatic rings. The number of hydrogen-bond acceptors (Lipinski definition) is 5. The molecule has 4 N–H and O–H groups in total. The maximum atomic E-state index is 12.4. The first-order valence-corrected chi connectivity index (χ1v) is 12.2. The molecule has 0 aromatic heterocycles. The van der Waals surface area contributed by atoms with Gasteiger partial charge in [0, 0.05) is 18.1 Å². The Kier molecular flexibility index (Phi) is 6.90. The van der Waals surface area contributed by atoms with Crippen molar-refractivity contribution < 1.29 is 23.9 Å². The van der Waals surface area contributed by atoms with Crippen molar-refractivity contribution in [2.45, 2.75) is 95.2 Å². The number of esters is 1. The van der Waals surface area contributed by atoms with Crippen LogP contribution in [0.4, 0.5) is 9.59 Å². The van der Waals surface area contributed by atoms with Gasteiger partial charge in [0.2, 0.25) is 0 Å². The van der Waals surface area contributed by atoms with E-state index in [2.05, 4.69) is 21.3 Å². The van der Waals surface area contributed by atoms with Crippen molar-refractivity contribution in [3.8, 4) is 0 Å². The van der Waals surface area contributed by atoms with Gasteiger partial charge in [-0.2, -0.15) is 0 Å². The SMILES string of the molecule is CC(OC(=O)CCNC(=O)NC12CC3CC(CC(C3)C1)C2)C(=O)NC(=O)NC1CCCC1. The van der Waals surface area contributed by atoms with Crippen LogP contribution in [0.1, 0.15) is 77.6 Å². The van der Waals surface area contributed by atoms with Crippen LogP contribution in [0.5, 0.6) is 0 Å². The maximum Gasteiger partial charge on any atom is 0.321 e. The van der Waals surface area contributed by atoms with Crippen LogP contribution in [0.3, 0.4) is 0 Å². The van der Waals surface area contributed by atoms with Crippen LogP contribution in [-0.4, -0.2) is 48.2 Å². The zero-order valence-corrected chi connectivity index (χ0v) is 18.9. The number of urea groups is 2. The zero-order chi connectivity index (χ0) is 22.7. The molecule has 4 bridgehead atoms. The van der Waals surface area contributed by atoms with Gasteiger partial charge in [-0.15, -0.1) is 0 Å². The first-order valence-electron chi connectivity index (χ1n) is 12.2. The summed E-state index contributed by atoms with van der Waals surface area (Å²) in [5.41, 5.74) is -0.0784. The lowest BCUT2D eigenvalue weighted by molar-refractivity contribution is -0.154. The summed E-state index contributed by atoms with van der Waals surface area (Å²) >= 11 is 0. The Morgan fingerprint density at radius 2 is 1.53 bits per heavy atom. The molecule has 0 spiro atoms. The molecule has 9 nitrogen and oxygen atoms in total. The predicted molar refractivity (Wildman–Crippen MR) is 117 cm³/mol. The van der Waals surface area contributed by atoms with Gasteiger partial charge in [0.15, 0.2) is 6.10 Å². The Labute approximate surface area is 189 Å². The summed E-state index contributed by atoms with van der Waals surface area (Å²) in [6.45, 7) is 1.55. The molecule has 32 heavy (non-hydrogen) atoms. The van der Waals surface area contributed by atoms with Gasteiger partial charge < -0.3 is 20.7 Å².